The van der Waals surface area contributed by atoms with Gasteiger partial charge in [0, 0.05) is 29.3 Å². The number of aromatic amines is 1. The molecule has 2 N–H and O–H groups in total. The van der Waals surface area contributed by atoms with Crippen LogP contribution < -0.4 is 0 Å². The number of ketones is 1. The van der Waals surface area contributed by atoms with Crippen LogP contribution in [0.3, 0.4) is 0 Å². The summed E-state index contributed by atoms with van der Waals surface area (Å²) < 4.78 is 4.72. The van der Waals surface area contributed by atoms with Crippen LogP contribution in [0.4, 0.5) is 5.69 Å². The summed E-state index contributed by atoms with van der Waals surface area (Å²) in [6, 6.07) is 4.09. The fourth-order valence-corrected chi connectivity index (χ4v) is 1.77. The molecule has 2 aromatic rings. The van der Waals surface area contributed by atoms with Crippen LogP contribution in [0.25, 0.3) is 10.9 Å². The summed E-state index contributed by atoms with van der Waals surface area (Å²) in [7, 11) is 0. The van der Waals surface area contributed by atoms with Crippen molar-refractivity contribution in [3.8, 4) is 0 Å². The van der Waals surface area contributed by atoms with E-state index < -0.39 is 23.3 Å². The van der Waals surface area contributed by atoms with Gasteiger partial charge in [0.1, 0.15) is 13.2 Å². The SMILES string of the molecule is O=C(O)COCC(=O)c1c[nH]c2cc([N+](=O)[O-])ccc12. The highest BCUT2D eigenvalue weighted by atomic mass is 16.6. The van der Waals surface area contributed by atoms with Gasteiger partial charge in [-0.3, -0.25) is 14.9 Å². The highest BCUT2D eigenvalue weighted by molar-refractivity contribution is 6.08. The number of carboxylic acid groups (broad SMARTS) is 1. The van der Waals surface area contributed by atoms with Gasteiger partial charge in [-0.2, -0.15) is 0 Å². The van der Waals surface area contributed by atoms with Crippen LogP contribution in [-0.4, -0.2) is 40.0 Å². The summed E-state index contributed by atoms with van der Waals surface area (Å²) in [5.41, 5.74) is 0.682. The lowest BCUT2D eigenvalue weighted by Crippen LogP contribution is -2.14. The van der Waals surface area contributed by atoms with Crippen molar-refractivity contribution in [2.45, 2.75) is 0 Å². The van der Waals surface area contributed by atoms with Crippen molar-refractivity contribution in [1.29, 1.82) is 0 Å². The molecule has 20 heavy (non-hydrogen) atoms. The standard InChI is InChI=1S/C12H10N2O6/c15-11(5-20-6-12(16)17)9-4-13-10-3-7(14(18)19)1-2-8(9)10/h1-4,13H,5-6H2,(H,16,17). The third kappa shape index (κ3) is 2.81. The number of nitro groups is 1. The van der Waals surface area contributed by atoms with E-state index in [2.05, 4.69) is 4.98 Å². The normalized spacial score (nSPS) is 10.6. The van der Waals surface area contributed by atoms with Gasteiger partial charge >= 0.3 is 5.97 Å². The first-order valence-corrected chi connectivity index (χ1v) is 5.57. The molecule has 0 aliphatic carbocycles. The van der Waals surface area contributed by atoms with Crippen LogP contribution in [-0.2, 0) is 9.53 Å². The molecule has 1 aromatic heterocycles. The van der Waals surface area contributed by atoms with Crippen LogP contribution in [0.5, 0.6) is 0 Å². The zero-order valence-electron chi connectivity index (χ0n) is 10.2. The summed E-state index contributed by atoms with van der Waals surface area (Å²) in [6.07, 6.45) is 1.42. The van der Waals surface area contributed by atoms with Crippen molar-refractivity contribution in [3.05, 3.63) is 40.1 Å². The molecule has 8 nitrogen and oxygen atoms in total. The number of nitro benzene ring substituents is 1. The number of rotatable bonds is 6. The van der Waals surface area contributed by atoms with Crippen molar-refractivity contribution in [2.75, 3.05) is 13.2 Å². The second kappa shape index (κ2) is 5.49. The zero-order chi connectivity index (χ0) is 14.7. The molecule has 0 fully saturated rings. The lowest BCUT2D eigenvalue weighted by atomic mass is 10.1. The van der Waals surface area contributed by atoms with Gasteiger partial charge < -0.3 is 14.8 Å². The van der Waals surface area contributed by atoms with Gasteiger partial charge in [0.15, 0.2) is 5.78 Å². The number of benzene rings is 1. The summed E-state index contributed by atoms with van der Waals surface area (Å²) in [5, 5.41) is 19.6. The molecule has 104 valence electrons. The highest BCUT2D eigenvalue weighted by Gasteiger charge is 2.15. The number of aliphatic carboxylic acids is 1. The minimum Gasteiger partial charge on any atom is -0.480 e. The molecular formula is C12H10N2O6. The van der Waals surface area contributed by atoms with E-state index in [0.29, 0.717) is 16.5 Å². The van der Waals surface area contributed by atoms with Gasteiger partial charge in [0.05, 0.1) is 10.4 Å². The Morgan fingerprint density at radius 1 is 1.35 bits per heavy atom. The van der Waals surface area contributed by atoms with E-state index in [0.717, 1.165) is 0 Å². The van der Waals surface area contributed by atoms with E-state index in [1.54, 1.807) is 0 Å². The minimum absolute atomic E-state index is 0.0829. The molecular weight excluding hydrogens is 268 g/mol. The number of non-ortho nitro benzene ring substituents is 1. The maximum atomic E-state index is 11.8. The number of nitrogens with zero attached hydrogens (tertiary/aromatic N) is 1. The summed E-state index contributed by atoms with van der Waals surface area (Å²) >= 11 is 0. The number of Topliss-reactive ketones (excluding diaryl/α,β-unsaturated/α-hetero) is 1. The van der Waals surface area contributed by atoms with E-state index in [-0.39, 0.29) is 12.3 Å². The molecule has 0 saturated carbocycles. The Bertz CT molecular complexity index is 690. The number of fused-ring (bicyclic) bond motifs is 1. The van der Waals surface area contributed by atoms with Gasteiger partial charge in [-0.1, -0.05) is 0 Å². The monoisotopic (exact) mass is 278 g/mol. The number of carbonyl (C=O) groups excluding carboxylic acids is 1. The second-order valence-electron chi connectivity index (χ2n) is 4.00. The van der Waals surface area contributed by atoms with Gasteiger partial charge in [-0.05, 0) is 6.07 Å². The van der Waals surface area contributed by atoms with E-state index in [1.807, 2.05) is 0 Å². The quantitative estimate of drug-likeness (QED) is 0.467. The fourth-order valence-electron chi connectivity index (χ4n) is 1.77. The van der Waals surface area contributed by atoms with Crippen molar-refractivity contribution in [2.24, 2.45) is 0 Å². The molecule has 0 bridgehead atoms. The minimum atomic E-state index is -1.16. The first-order valence-electron chi connectivity index (χ1n) is 5.57. The first kappa shape index (κ1) is 13.7. The van der Waals surface area contributed by atoms with Gasteiger partial charge in [0.2, 0.25) is 0 Å². The number of ether oxygens (including phenoxy) is 1. The van der Waals surface area contributed by atoms with E-state index in [9.17, 15) is 19.7 Å². The van der Waals surface area contributed by atoms with Crippen LogP contribution in [0.1, 0.15) is 10.4 Å². The Morgan fingerprint density at radius 3 is 2.75 bits per heavy atom. The van der Waals surface area contributed by atoms with Gasteiger partial charge in [-0.15, -0.1) is 0 Å². The molecule has 0 unspecified atom stereocenters. The molecule has 1 heterocycles. The number of carboxylic acids is 1. The molecule has 0 amide bonds. The summed E-state index contributed by atoms with van der Waals surface area (Å²) in [4.78, 5) is 35.0. The zero-order valence-corrected chi connectivity index (χ0v) is 10.2. The molecule has 0 saturated heterocycles. The molecule has 0 spiro atoms. The molecule has 2 rings (SSSR count). The lowest BCUT2D eigenvalue weighted by Gasteiger charge is -2.00. The van der Waals surface area contributed by atoms with E-state index in [1.165, 1.54) is 24.4 Å². The van der Waals surface area contributed by atoms with Gasteiger partial charge in [-0.25, -0.2) is 4.79 Å². The molecule has 0 aliphatic rings. The largest absolute Gasteiger partial charge is 0.480 e. The molecule has 0 aliphatic heterocycles. The van der Waals surface area contributed by atoms with Crippen molar-refractivity contribution in [3.63, 3.8) is 0 Å². The lowest BCUT2D eigenvalue weighted by molar-refractivity contribution is -0.384. The maximum absolute atomic E-state index is 11.8. The molecule has 1 aromatic carbocycles. The molecule has 8 heteroatoms. The van der Waals surface area contributed by atoms with Crippen molar-refractivity contribution in [1.82, 2.24) is 4.98 Å². The Morgan fingerprint density at radius 2 is 2.10 bits per heavy atom. The number of carbonyl (C=O) groups is 2. The number of nitrogens with one attached hydrogen (secondary N) is 1. The molecule has 0 radical (unpaired) electrons. The average Bonchev–Trinajstić information content (AvgIpc) is 2.80. The topological polar surface area (TPSA) is 123 Å². The van der Waals surface area contributed by atoms with E-state index >= 15 is 0 Å². The third-order valence-electron chi connectivity index (χ3n) is 2.64. The van der Waals surface area contributed by atoms with Crippen LogP contribution in [0, 0.1) is 10.1 Å². The van der Waals surface area contributed by atoms with Crippen LogP contribution in [0.2, 0.25) is 0 Å². The number of hydrogen-bond acceptors (Lipinski definition) is 5. The number of hydrogen-bond donors (Lipinski definition) is 2. The Labute approximate surface area is 112 Å². The van der Waals surface area contributed by atoms with Crippen LogP contribution >= 0.6 is 0 Å². The molecule has 0 atom stereocenters. The number of H-pyrrole nitrogens is 1. The van der Waals surface area contributed by atoms with Gasteiger partial charge in [0.25, 0.3) is 5.69 Å². The average molecular weight is 278 g/mol. The Balaban J connectivity index is 2.20. The Kier molecular flexibility index (Phi) is 3.76. The van der Waals surface area contributed by atoms with Crippen LogP contribution in [0.15, 0.2) is 24.4 Å². The predicted molar refractivity (Wildman–Crippen MR) is 67.7 cm³/mol. The fraction of sp³-hybridized carbons (Fsp3) is 0.167. The van der Waals surface area contributed by atoms with E-state index in [4.69, 9.17) is 9.84 Å². The highest BCUT2D eigenvalue weighted by Crippen LogP contribution is 2.23. The number of aromatic nitrogens is 1. The second-order valence-corrected chi connectivity index (χ2v) is 4.00. The van der Waals surface area contributed by atoms with Crippen molar-refractivity contribution >= 4 is 28.3 Å². The summed E-state index contributed by atoms with van der Waals surface area (Å²) in [5.74, 6) is -1.56. The smallest absolute Gasteiger partial charge is 0.329 e. The first-order chi connectivity index (χ1) is 9.49. The third-order valence-corrected chi connectivity index (χ3v) is 2.64. The predicted octanol–water partition coefficient (Wildman–Crippen LogP) is 1.36. The maximum Gasteiger partial charge on any atom is 0.329 e. The Hall–Kier alpha value is -2.74. The van der Waals surface area contributed by atoms with Crippen molar-refractivity contribution < 1.29 is 24.4 Å². The summed E-state index contributed by atoms with van der Waals surface area (Å²) in [6.45, 7) is -0.921.